The number of ether oxygens (including phenoxy) is 2. The van der Waals surface area contributed by atoms with Crippen molar-refractivity contribution in [1.82, 2.24) is 4.90 Å². The number of carbonyl (C=O) groups excluding carboxylic acids is 2. The summed E-state index contributed by atoms with van der Waals surface area (Å²) < 4.78 is 12.0. The highest BCUT2D eigenvalue weighted by molar-refractivity contribution is 6.10. The highest BCUT2D eigenvalue weighted by Crippen LogP contribution is 2.79. The van der Waals surface area contributed by atoms with Gasteiger partial charge in [0, 0.05) is 33.9 Å². The van der Waals surface area contributed by atoms with Crippen molar-refractivity contribution in [1.29, 1.82) is 0 Å². The van der Waals surface area contributed by atoms with Gasteiger partial charge in [-0.05, 0) is 103 Å². The molecule has 3 saturated carbocycles. The lowest BCUT2D eigenvalue weighted by atomic mass is 9.32. The maximum Gasteiger partial charge on any atom is 0.410 e. The van der Waals surface area contributed by atoms with Gasteiger partial charge in [-0.1, -0.05) is 74.5 Å². The molecule has 3 aromatic carbocycles. The van der Waals surface area contributed by atoms with Crippen LogP contribution in [0.3, 0.4) is 0 Å². The van der Waals surface area contributed by atoms with E-state index in [0.717, 1.165) is 55.4 Å². The molecule has 0 radical (unpaired) electrons. The first kappa shape index (κ1) is 30.2. The molecule has 48 heavy (non-hydrogen) atoms. The van der Waals surface area contributed by atoms with E-state index in [9.17, 15) is 14.7 Å². The minimum Gasteiger partial charge on any atom is -0.497 e. The first-order valence-corrected chi connectivity index (χ1v) is 17.8. The van der Waals surface area contributed by atoms with Gasteiger partial charge in [0.2, 0.25) is 0 Å². The van der Waals surface area contributed by atoms with Crippen LogP contribution in [0.15, 0.2) is 90.5 Å². The molecule has 1 amide bonds. The second kappa shape index (κ2) is 10.1. The Morgan fingerprint density at radius 1 is 0.917 bits per heavy atom. The molecule has 6 heteroatoms. The number of fused-ring (bicyclic) bond motifs is 3. The molecule has 6 aliphatic carbocycles. The van der Waals surface area contributed by atoms with Gasteiger partial charge in [0.05, 0.1) is 19.8 Å². The van der Waals surface area contributed by atoms with E-state index in [0.29, 0.717) is 25.1 Å². The van der Waals surface area contributed by atoms with Crippen LogP contribution >= 0.6 is 0 Å². The summed E-state index contributed by atoms with van der Waals surface area (Å²) in [5.41, 5.74) is 0.875. The number of allylic oxidation sites excluding steroid dienone is 4. The number of methoxy groups -OCH3 is 1. The summed E-state index contributed by atoms with van der Waals surface area (Å²) in [7, 11) is 1.64. The van der Waals surface area contributed by atoms with Crippen molar-refractivity contribution in [3.05, 3.63) is 102 Å². The van der Waals surface area contributed by atoms with Crippen LogP contribution in [0, 0.1) is 33.5 Å². The Morgan fingerprint density at radius 2 is 1.65 bits per heavy atom. The lowest BCUT2D eigenvalue weighted by Gasteiger charge is -2.71. The second-order valence-electron chi connectivity index (χ2n) is 16.2. The minimum absolute atomic E-state index is 0.0610. The summed E-state index contributed by atoms with van der Waals surface area (Å²) >= 11 is 0. The number of amides is 1. The van der Waals surface area contributed by atoms with E-state index < -0.39 is 11.0 Å². The molecule has 2 bridgehead atoms. The number of rotatable bonds is 5. The largest absolute Gasteiger partial charge is 0.497 e. The predicted octanol–water partition coefficient (Wildman–Crippen LogP) is 8.28. The van der Waals surface area contributed by atoms with Gasteiger partial charge in [-0.15, -0.1) is 0 Å². The van der Waals surface area contributed by atoms with Crippen molar-refractivity contribution < 1.29 is 24.2 Å². The number of hydrogen-bond donors (Lipinski definition) is 1. The van der Waals surface area contributed by atoms with E-state index in [1.54, 1.807) is 7.11 Å². The van der Waals surface area contributed by atoms with E-state index >= 15 is 0 Å². The van der Waals surface area contributed by atoms with Gasteiger partial charge in [0.15, 0.2) is 5.78 Å². The molecule has 3 spiro atoms. The van der Waals surface area contributed by atoms with Crippen LogP contribution in [0.1, 0.15) is 74.7 Å². The van der Waals surface area contributed by atoms with Crippen LogP contribution in [0.2, 0.25) is 0 Å². The van der Waals surface area contributed by atoms with E-state index in [1.165, 1.54) is 10.8 Å². The van der Waals surface area contributed by atoms with Crippen molar-refractivity contribution in [2.24, 2.45) is 33.5 Å². The zero-order chi connectivity index (χ0) is 33.1. The summed E-state index contributed by atoms with van der Waals surface area (Å²) in [6.07, 6.45) is 12.4. The fourth-order valence-corrected chi connectivity index (χ4v) is 12.0. The van der Waals surface area contributed by atoms with Crippen LogP contribution in [-0.2, 0) is 11.3 Å². The molecule has 1 saturated heterocycles. The summed E-state index contributed by atoms with van der Waals surface area (Å²) in [6, 6.07) is 22.2. The van der Waals surface area contributed by atoms with E-state index in [1.807, 2.05) is 35.2 Å². The molecular formula is C42H45NO5. The fourth-order valence-electron chi connectivity index (χ4n) is 12.0. The van der Waals surface area contributed by atoms with E-state index in [4.69, 9.17) is 9.47 Å². The Bertz CT molecular complexity index is 1910. The highest BCUT2D eigenvalue weighted by atomic mass is 16.6. The second-order valence-corrected chi connectivity index (χ2v) is 16.2. The van der Waals surface area contributed by atoms with Gasteiger partial charge in [-0.2, -0.15) is 0 Å². The van der Waals surface area contributed by atoms with Crippen molar-refractivity contribution in [2.45, 2.75) is 77.0 Å². The molecule has 10 rings (SSSR count). The third kappa shape index (κ3) is 3.73. The maximum atomic E-state index is 14.8. The van der Waals surface area contributed by atoms with E-state index in [2.05, 4.69) is 68.5 Å². The highest BCUT2D eigenvalue weighted by Gasteiger charge is 2.76. The molecule has 248 valence electrons. The Labute approximate surface area is 282 Å². The zero-order valence-corrected chi connectivity index (χ0v) is 28.2. The van der Waals surface area contributed by atoms with Crippen LogP contribution in [0.5, 0.6) is 5.75 Å². The molecule has 1 aliphatic heterocycles. The maximum absolute atomic E-state index is 14.8. The van der Waals surface area contributed by atoms with Gasteiger partial charge >= 0.3 is 6.09 Å². The molecule has 4 fully saturated rings. The number of aliphatic hydroxyl groups excluding tert-OH is 1. The summed E-state index contributed by atoms with van der Waals surface area (Å²) in [5.74, 6) is 1.20. The lowest BCUT2D eigenvalue weighted by molar-refractivity contribution is -0.164. The summed E-state index contributed by atoms with van der Waals surface area (Å²) in [4.78, 5) is 30.5. The lowest BCUT2D eigenvalue weighted by Crippen LogP contribution is -2.67. The number of benzene rings is 3. The molecule has 0 aromatic heterocycles. The molecule has 1 heterocycles. The van der Waals surface area contributed by atoms with Gasteiger partial charge in [-0.25, -0.2) is 4.79 Å². The zero-order valence-electron chi connectivity index (χ0n) is 28.2. The summed E-state index contributed by atoms with van der Waals surface area (Å²) in [5, 5.41) is 13.3. The SMILES string of the molecule is COc1ccc(C(=O)C2=C[C@@]34C=C[C@@]25[C@@H]2CC[C@@]6(CN(Cc7cccc8ccccc78)C(=O)O6)[C@@]2(C)CC[C@@H]5[C@@]3(C)CC[C@H](O)C4)cc1. The Morgan fingerprint density at radius 3 is 2.46 bits per heavy atom. The number of Topliss-reactive ketones (excluding diaryl/α,β-unsaturated/α-hetero) is 1. The minimum atomic E-state index is -0.614. The standard InChI is InChI=1S/C42H45NO5/c1-38-18-15-30(44)23-40(38)21-22-42(33(24-40)36(45)28-11-13-31(47-3)14-12-28)34(38)16-19-39(2)35(42)17-20-41(39)26-43(37(46)48-41)25-29-9-6-8-27-7-4-5-10-32(27)29/h4-14,21-22,24,30,34-35,44H,15-20,23,25-26H2,1-3H3/t30-,34+,35+,38+,39-,40-,41+,42+/m0/s1. The Balaban J connectivity index is 1.12. The average Bonchev–Trinajstić information content (AvgIpc) is 3.58. The molecule has 0 unspecified atom stereocenters. The predicted molar refractivity (Wildman–Crippen MR) is 185 cm³/mol. The summed E-state index contributed by atoms with van der Waals surface area (Å²) in [6.45, 7) is 5.87. The fraction of sp³-hybridized carbons (Fsp3) is 0.476. The van der Waals surface area contributed by atoms with Crippen molar-refractivity contribution in [3.8, 4) is 5.75 Å². The normalized spacial score (nSPS) is 39.2. The van der Waals surface area contributed by atoms with Gasteiger partial charge in [0.1, 0.15) is 11.4 Å². The number of nitrogens with zero attached hydrogens (tertiary/aromatic N) is 1. The molecular weight excluding hydrogens is 598 g/mol. The van der Waals surface area contributed by atoms with Gasteiger partial charge in [-0.3, -0.25) is 9.69 Å². The Kier molecular flexibility index (Phi) is 6.33. The van der Waals surface area contributed by atoms with Crippen molar-refractivity contribution >= 4 is 22.6 Å². The number of hydrogen-bond acceptors (Lipinski definition) is 5. The quantitative estimate of drug-likeness (QED) is 0.224. The van der Waals surface area contributed by atoms with Crippen molar-refractivity contribution in [3.63, 3.8) is 0 Å². The molecule has 8 atom stereocenters. The third-order valence-corrected chi connectivity index (χ3v) is 14.5. The molecule has 7 aliphatic rings. The number of carbonyl (C=O) groups is 2. The molecule has 3 aromatic rings. The van der Waals surface area contributed by atoms with Crippen LogP contribution in [0.4, 0.5) is 4.79 Å². The van der Waals surface area contributed by atoms with E-state index in [-0.39, 0.29) is 46.1 Å². The van der Waals surface area contributed by atoms with Crippen LogP contribution in [0.25, 0.3) is 10.8 Å². The average molecular weight is 644 g/mol. The first-order valence-electron chi connectivity index (χ1n) is 17.8. The molecule has 6 nitrogen and oxygen atoms in total. The van der Waals surface area contributed by atoms with Crippen LogP contribution in [-0.4, -0.2) is 47.2 Å². The monoisotopic (exact) mass is 643 g/mol. The van der Waals surface area contributed by atoms with Gasteiger partial charge in [0.25, 0.3) is 0 Å². The Hall–Kier alpha value is -3.90. The van der Waals surface area contributed by atoms with Crippen LogP contribution < -0.4 is 4.74 Å². The number of aliphatic hydroxyl groups is 1. The number of ketones is 1. The van der Waals surface area contributed by atoms with Crippen molar-refractivity contribution in [2.75, 3.05) is 13.7 Å². The smallest absolute Gasteiger partial charge is 0.410 e. The molecule has 1 N–H and O–H groups in total. The van der Waals surface area contributed by atoms with Gasteiger partial charge < -0.3 is 14.6 Å². The third-order valence-electron chi connectivity index (χ3n) is 14.5. The topological polar surface area (TPSA) is 76.1 Å². The first-order chi connectivity index (χ1) is 23.1.